The molecule has 0 amide bonds. The zero-order valence-corrected chi connectivity index (χ0v) is 9.75. The van der Waals surface area contributed by atoms with E-state index in [0.717, 1.165) is 12.3 Å². The zero-order valence-electron chi connectivity index (χ0n) is 9.75. The normalized spacial score (nSPS) is 15.1. The second-order valence-electron chi connectivity index (χ2n) is 4.53. The van der Waals surface area contributed by atoms with Crippen LogP contribution in [0.15, 0.2) is 0 Å². The summed E-state index contributed by atoms with van der Waals surface area (Å²) >= 11 is 0. The Balaban J connectivity index is 3.38. The first-order valence-electron chi connectivity index (χ1n) is 5.78. The van der Waals surface area contributed by atoms with Gasteiger partial charge in [-0.05, 0) is 11.8 Å². The van der Waals surface area contributed by atoms with Crippen molar-refractivity contribution in [1.82, 2.24) is 0 Å². The Bertz CT molecular complexity index is 154. The lowest BCUT2D eigenvalue weighted by Crippen LogP contribution is -2.04. The van der Waals surface area contributed by atoms with Crippen molar-refractivity contribution in [2.75, 3.05) is 0 Å². The molecule has 0 heterocycles. The van der Waals surface area contributed by atoms with E-state index in [9.17, 15) is 4.79 Å². The first kappa shape index (κ1) is 13.5. The standard InChI is InChI=1S/C12H24O2/c1-4-6-10(2)7-5-8-11(3)9-12(13)14/h10-11H,4-9H2,1-3H3,(H,13,14). The van der Waals surface area contributed by atoms with E-state index in [1.807, 2.05) is 6.92 Å². The number of carboxylic acid groups (broad SMARTS) is 1. The minimum absolute atomic E-state index is 0.322. The lowest BCUT2D eigenvalue weighted by molar-refractivity contribution is -0.138. The molecule has 0 spiro atoms. The van der Waals surface area contributed by atoms with Crippen LogP contribution in [-0.4, -0.2) is 11.1 Å². The molecular formula is C12H24O2. The average molecular weight is 200 g/mol. The van der Waals surface area contributed by atoms with Gasteiger partial charge in [0, 0.05) is 6.42 Å². The Hall–Kier alpha value is -0.530. The van der Waals surface area contributed by atoms with Gasteiger partial charge in [-0.15, -0.1) is 0 Å². The van der Waals surface area contributed by atoms with E-state index in [0.29, 0.717) is 12.3 Å². The molecule has 84 valence electrons. The van der Waals surface area contributed by atoms with E-state index in [-0.39, 0.29) is 0 Å². The number of hydrogen-bond acceptors (Lipinski definition) is 1. The third kappa shape index (κ3) is 8.09. The number of rotatable bonds is 8. The maximum atomic E-state index is 10.4. The molecular weight excluding hydrogens is 176 g/mol. The molecule has 2 unspecified atom stereocenters. The van der Waals surface area contributed by atoms with Crippen LogP contribution in [0, 0.1) is 11.8 Å². The van der Waals surface area contributed by atoms with E-state index in [1.54, 1.807) is 0 Å². The van der Waals surface area contributed by atoms with Crippen LogP contribution in [0.25, 0.3) is 0 Å². The number of hydrogen-bond donors (Lipinski definition) is 1. The van der Waals surface area contributed by atoms with Crippen LogP contribution in [0.1, 0.15) is 59.3 Å². The van der Waals surface area contributed by atoms with Gasteiger partial charge in [0.05, 0.1) is 0 Å². The van der Waals surface area contributed by atoms with E-state index >= 15 is 0 Å². The van der Waals surface area contributed by atoms with Crippen molar-refractivity contribution in [3.8, 4) is 0 Å². The van der Waals surface area contributed by atoms with Gasteiger partial charge in [0.15, 0.2) is 0 Å². The molecule has 0 aliphatic rings. The van der Waals surface area contributed by atoms with Gasteiger partial charge in [-0.3, -0.25) is 4.79 Å². The van der Waals surface area contributed by atoms with Crippen LogP contribution in [0.2, 0.25) is 0 Å². The molecule has 0 bridgehead atoms. The largest absolute Gasteiger partial charge is 0.481 e. The van der Waals surface area contributed by atoms with Gasteiger partial charge in [0.25, 0.3) is 0 Å². The molecule has 0 aromatic rings. The first-order valence-corrected chi connectivity index (χ1v) is 5.78. The summed E-state index contributed by atoms with van der Waals surface area (Å²) in [5.74, 6) is 0.470. The van der Waals surface area contributed by atoms with Crippen molar-refractivity contribution >= 4 is 5.97 Å². The van der Waals surface area contributed by atoms with Crippen LogP contribution >= 0.6 is 0 Å². The summed E-state index contributed by atoms with van der Waals surface area (Å²) < 4.78 is 0. The fourth-order valence-electron chi connectivity index (χ4n) is 1.85. The molecule has 1 N–H and O–H groups in total. The fraction of sp³-hybridized carbons (Fsp3) is 0.917. The molecule has 0 aliphatic heterocycles. The van der Waals surface area contributed by atoms with Gasteiger partial charge < -0.3 is 5.11 Å². The summed E-state index contributed by atoms with van der Waals surface area (Å²) in [5, 5.41) is 8.58. The number of carboxylic acids is 1. The van der Waals surface area contributed by atoms with E-state index in [4.69, 9.17) is 5.11 Å². The van der Waals surface area contributed by atoms with Crippen LogP contribution < -0.4 is 0 Å². The molecule has 0 saturated heterocycles. The Labute approximate surface area is 87.7 Å². The fourth-order valence-corrected chi connectivity index (χ4v) is 1.85. The molecule has 2 heteroatoms. The summed E-state index contributed by atoms with van der Waals surface area (Å²) in [5.41, 5.74) is 0. The maximum Gasteiger partial charge on any atom is 0.303 e. The zero-order chi connectivity index (χ0) is 11.0. The van der Waals surface area contributed by atoms with E-state index < -0.39 is 5.97 Å². The SMILES string of the molecule is CCCC(C)CCCC(C)CC(=O)O. The van der Waals surface area contributed by atoms with Crippen LogP contribution in [0.5, 0.6) is 0 Å². The van der Waals surface area contributed by atoms with E-state index in [1.165, 1.54) is 25.7 Å². The molecule has 14 heavy (non-hydrogen) atoms. The van der Waals surface area contributed by atoms with Crippen LogP contribution in [-0.2, 0) is 4.79 Å². The average Bonchev–Trinajstić information content (AvgIpc) is 2.02. The lowest BCUT2D eigenvalue weighted by atomic mass is 9.94. The van der Waals surface area contributed by atoms with Crippen molar-refractivity contribution < 1.29 is 9.90 Å². The third-order valence-electron chi connectivity index (χ3n) is 2.70. The van der Waals surface area contributed by atoms with Crippen LogP contribution in [0.4, 0.5) is 0 Å². The van der Waals surface area contributed by atoms with Crippen LogP contribution in [0.3, 0.4) is 0 Å². The summed E-state index contributed by atoms with van der Waals surface area (Å²) in [7, 11) is 0. The molecule has 0 fully saturated rings. The predicted molar refractivity (Wildman–Crippen MR) is 59.3 cm³/mol. The first-order chi connectivity index (χ1) is 6.56. The summed E-state index contributed by atoms with van der Waals surface area (Å²) in [4.78, 5) is 10.4. The molecule has 0 radical (unpaired) electrons. The van der Waals surface area contributed by atoms with Gasteiger partial charge in [-0.25, -0.2) is 0 Å². The minimum atomic E-state index is -0.667. The Kier molecular flexibility index (Phi) is 7.54. The predicted octanol–water partition coefficient (Wildman–Crippen LogP) is 3.70. The molecule has 2 atom stereocenters. The second-order valence-corrected chi connectivity index (χ2v) is 4.53. The highest BCUT2D eigenvalue weighted by molar-refractivity contribution is 5.66. The lowest BCUT2D eigenvalue weighted by Gasteiger charge is -2.12. The molecule has 0 rings (SSSR count). The highest BCUT2D eigenvalue weighted by atomic mass is 16.4. The van der Waals surface area contributed by atoms with Gasteiger partial charge in [-0.2, -0.15) is 0 Å². The maximum absolute atomic E-state index is 10.4. The third-order valence-corrected chi connectivity index (χ3v) is 2.70. The topological polar surface area (TPSA) is 37.3 Å². The van der Waals surface area contributed by atoms with Crippen molar-refractivity contribution in [2.45, 2.75) is 59.3 Å². The van der Waals surface area contributed by atoms with Crippen molar-refractivity contribution in [2.24, 2.45) is 11.8 Å². The van der Waals surface area contributed by atoms with E-state index in [2.05, 4.69) is 13.8 Å². The Morgan fingerprint density at radius 3 is 2.21 bits per heavy atom. The quantitative estimate of drug-likeness (QED) is 0.648. The number of carbonyl (C=O) groups is 1. The summed E-state index contributed by atoms with van der Waals surface area (Å²) in [6.45, 7) is 6.52. The summed E-state index contributed by atoms with van der Waals surface area (Å²) in [6, 6.07) is 0. The molecule has 0 saturated carbocycles. The van der Waals surface area contributed by atoms with Crippen molar-refractivity contribution in [1.29, 1.82) is 0 Å². The van der Waals surface area contributed by atoms with Crippen molar-refractivity contribution in [3.05, 3.63) is 0 Å². The highest BCUT2D eigenvalue weighted by Crippen LogP contribution is 2.18. The highest BCUT2D eigenvalue weighted by Gasteiger charge is 2.08. The van der Waals surface area contributed by atoms with Gasteiger partial charge in [0.2, 0.25) is 0 Å². The molecule has 0 aromatic carbocycles. The summed E-state index contributed by atoms with van der Waals surface area (Å²) in [6.07, 6.45) is 6.36. The van der Waals surface area contributed by atoms with Gasteiger partial charge in [-0.1, -0.05) is 52.9 Å². The smallest absolute Gasteiger partial charge is 0.303 e. The molecule has 2 nitrogen and oxygen atoms in total. The Morgan fingerprint density at radius 1 is 1.14 bits per heavy atom. The monoisotopic (exact) mass is 200 g/mol. The van der Waals surface area contributed by atoms with Crippen molar-refractivity contribution in [3.63, 3.8) is 0 Å². The minimum Gasteiger partial charge on any atom is -0.481 e. The Morgan fingerprint density at radius 2 is 1.71 bits per heavy atom. The van der Waals surface area contributed by atoms with Gasteiger partial charge >= 0.3 is 5.97 Å². The number of aliphatic carboxylic acids is 1. The van der Waals surface area contributed by atoms with Gasteiger partial charge in [0.1, 0.15) is 0 Å². The second kappa shape index (κ2) is 7.84. The molecule has 0 aliphatic carbocycles. The molecule has 0 aromatic heterocycles.